The van der Waals surface area contributed by atoms with Crippen LogP contribution < -0.4 is 5.32 Å². The number of nitrogens with one attached hydrogen (secondary N) is 1. The van der Waals surface area contributed by atoms with Gasteiger partial charge in [0.2, 0.25) is 0 Å². The number of rotatable bonds is 5. The van der Waals surface area contributed by atoms with Crippen LogP contribution in [0.15, 0.2) is 12.7 Å². The molecule has 0 bridgehead atoms. The molecule has 76 valence electrons. The van der Waals surface area contributed by atoms with Crippen LogP contribution in [0.3, 0.4) is 0 Å². The van der Waals surface area contributed by atoms with Gasteiger partial charge in [0, 0.05) is 12.6 Å². The van der Waals surface area contributed by atoms with Gasteiger partial charge in [-0.3, -0.25) is 0 Å². The van der Waals surface area contributed by atoms with E-state index in [1.54, 1.807) is 0 Å². The molecule has 0 aliphatic carbocycles. The van der Waals surface area contributed by atoms with Gasteiger partial charge in [0.1, 0.15) is 0 Å². The molecule has 1 aliphatic heterocycles. The van der Waals surface area contributed by atoms with E-state index in [1.165, 1.54) is 12.8 Å². The third kappa shape index (κ3) is 3.49. The molecule has 0 amide bonds. The van der Waals surface area contributed by atoms with Gasteiger partial charge in [-0.25, -0.2) is 0 Å². The molecule has 13 heavy (non-hydrogen) atoms. The fourth-order valence-corrected chi connectivity index (χ4v) is 1.97. The van der Waals surface area contributed by atoms with Crippen molar-refractivity contribution in [2.24, 2.45) is 5.92 Å². The maximum absolute atomic E-state index is 5.48. The Morgan fingerprint density at radius 2 is 2.54 bits per heavy atom. The lowest BCUT2D eigenvalue weighted by Crippen LogP contribution is -2.39. The van der Waals surface area contributed by atoms with Crippen molar-refractivity contribution in [2.45, 2.75) is 32.2 Å². The summed E-state index contributed by atoms with van der Waals surface area (Å²) < 4.78 is 5.48. The molecular formula is C11H21NO. The lowest BCUT2D eigenvalue weighted by Gasteiger charge is -2.30. The maximum atomic E-state index is 5.48. The Bertz CT molecular complexity index is 141. The summed E-state index contributed by atoms with van der Waals surface area (Å²) in [6.45, 7) is 8.86. The molecule has 1 saturated heterocycles. The van der Waals surface area contributed by atoms with Gasteiger partial charge in [-0.05, 0) is 31.7 Å². The SMILES string of the molecule is C=CCC(NCC)C1CCCOC1. The van der Waals surface area contributed by atoms with E-state index in [2.05, 4.69) is 18.8 Å². The number of hydrogen-bond acceptors (Lipinski definition) is 2. The fraction of sp³-hybridized carbons (Fsp3) is 0.818. The highest BCUT2D eigenvalue weighted by molar-refractivity contribution is 4.84. The minimum absolute atomic E-state index is 0.572. The molecule has 0 radical (unpaired) electrons. The van der Waals surface area contributed by atoms with E-state index >= 15 is 0 Å². The predicted octanol–water partition coefficient (Wildman–Crippen LogP) is 1.97. The van der Waals surface area contributed by atoms with Crippen LogP contribution in [0.5, 0.6) is 0 Å². The molecule has 0 aromatic rings. The Hall–Kier alpha value is -0.340. The highest BCUT2D eigenvalue weighted by Crippen LogP contribution is 2.19. The maximum Gasteiger partial charge on any atom is 0.0509 e. The summed E-state index contributed by atoms with van der Waals surface area (Å²) in [5.41, 5.74) is 0. The van der Waals surface area contributed by atoms with Crippen molar-refractivity contribution in [2.75, 3.05) is 19.8 Å². The molecule has 2 nitrogen and oxygen atoms in total. The van der Waals surface area contributed by atoms with Crippen molar-refractivity contribution >= 4 is 0 Å². The average Bonchev–Trinajstić information content (AvgIpc) is 2.19. The largest absolute Gasteiger partial charge is 0.381 e. The van der Waals surface area contributed by atoms with Crippen molar-refractivity contribution in [3.63, 3.8) is 0 Å². The third-order valence-electron chi connectivity index (χ3n) is 2.65. The molecule has 1 fully saturated rings. The average molecular weight is 183 g/mol. The van der Waals surface area contributed by atoms with Gasteiger partial charge >= 0.3 is 0 Å². The van der Waals surface area contributed by atoms with Crippen LogP contribution in [0.4, 0.5) is 0 Å². The van der Waals surface area contributed by atoms with Gasteiger partial charge in [-0.2, -0.15) is 0 Å². The minimum atomic E-state index is 0.572. The monoisotopic (exact) mass is 183 g/mol. The highest BCUT2D eigenvalue weighted by Gasteiger charge is 2.21. The van der Waals surface area contributed by atoms with Crippen LogP contribution in [0.25, 0.3) is 0 Å². The van der Waals surface area contributed by atoms with Gasteiger partial charge < -0.3 is 10.1 Å². The molecule has 0 saturated carbocycles. The van der Waals surface area contributed by atoms with Crippen LogP contribution in [-0.4, -0.2) is 25.8 Å². The highest BCUT2D eigenvalue weighted by atomic mass is 16.5. The van der Waals surface area contributed by atoms with Crippen molar-refractivity contribution < 1.29 is 4.74 Å². The zero-order valence-electron chi connectivity index (χ0n) is 8.59. The van der Waals surface area contributed by atoms with Crippen LogP contribution in [0.1, 0.15) is 26.2 Å². The summed E-state index contributed by atoms with van der Waals surface area (Å²) in [6.07, 6.45) is 5.57. The molecular weight excluding hydrogens is 162 g/mol. The summed E-state index contributed by atoms with van der Waals surface area (Å²) in [5.74, 6) is 0.687. The Morgan fingerprint density at radius 1 is 1.69 bits per heavy atom. The molecule has 2 atom stereocenters. The first-order chi connectivity index (χ1) is 6.38. The Morgan fingerprint density at radius 3 is 3.08 bits per heavy atom. The fourth-order valence-electron chi connectivity index (χ4n) is 1.97. The van der Waals surface area contributed by atoms with Crippen LogP contribution in [0, 0.1) is 5.92 Å². The van der Waals surface area contributed by atoms with Crippen LogP contribution >= 0.6 is 0 Å². The normalized spacial score (nSPS) is 25.5. The van der Waals surface area contributed by atoms with Gasteiger partial charge in [0.15, 0.2) is 0 Å². The van der Waals surface area contributed by atoms with Crippen molar-refractivity contribution in [3.05, 3.63) is 12.7 Å². The van der Waals surface area contributed by atoms with Crippen LogP contribution in [-0.2, 0) is 4.74 Å². The molecule has 2 unspecified atom stereocenters. The first kappa shape index (κ1) is 10.7. The van der Waals surface area contributed by atoms with Crippen molar-refractivity contribution in [1.29, 1.82) is 0 Å². The number of ether oxygens (including phenoxy) is 1. The second-order valence-electron chi connectivity index (χ2n) is 3.67. The van der Waals surface area contributed by atoms with E-state index in [4.69, 9.17) is 4.74 Å². The topological polar surface area (TPSA) is 21.3 Å². The van der Waals surface area contributed by atoms with E-state index in [0.717, 1.165) is 26.2 Å². The molecule has 1 aliphatic rings. The Kier molecular flexibility index (Phi) is 5.09. The first-order valence-corrected chi connectivity index (χ1v) is 5.30. The Balaban J connectivity index is 2.36. The van der Waals surface area contributed by atoms with Crippen molar-refractivity contribution in [1.82, 2.24) is 5.32 Å². The summed E-state index contributed by atoms with van der Waals surface area (Å²) in [6, 6.07) is 0.572. The van der Waals surface area contributed by atoms with Gasteiger partial charge in [-0.15, -0.1) is 6.58 Å². The quantitative estimate of drug-likeness (QED) is 0.658. The molecule has 1 rings (SSSR count). The summed E-state index contributed by atoms with van der Waals surface area (Å²) in [4.78, 5) is 0. The van der Waals surface area contributed by atoms with Gasteiger partial charge in [0.25, 0.3) is 0 Å². The van der Waals surface area contributed by atoms with Crippen LogP contribution in [0.2, 0.25) is 0 Å². The molecule has 0 spiro atoms. The number of hydrogen-bond donors (Lipinski definition) is 1. The van der Waals surface area contributed by atoms with E-state index in [1.807, 2.05) is 6.08 Å². The third-order valence-corrected chi connectivity index (χ3v) is 2.65. The summed E-state index contributed by atoms with van der Waals surface area (Å²) in [7, 11) is 0. The van der Waals surface area contributed by atoms with E-state index in [0.29, 0.717) is 12.0 Å². The molecule has 1 heterocycles. The molecule has 1 N–H and O–H groups in total. The predicted molar refractivity (Wildman–Crippen MR) is 55.8 cm³/mol. The first-order valence-electron chi connectivity index (χ1n) is 5.30. The van der Waals surface area contributed by atoms with E-state index in [-0.39, 0.29) is 0 Å². The van der Waals surface area contributed by atoms with Gasteiger partial charge in [-0.1, -0.05) is 13.0 Å². The van der Waals surface area contributed by atoms with Gasteiger partial charge in [0.05, 0.1) is 6.61 Å². The molecule has 0 aromatic carbocycles. The minimum Gasteiger partial charge on any atom is -0.381 e. The van der Waals surface area contributed by atoms with E-state index < -0.39 is 0 Å². The Labute approximate surface area is 81.4 Å². The smallest absolute Gasteiger partial charge is 0.0509 e. The lowest BCUT2D eigenvalue weighted by molar-refractivity contribution is 0.0400. The second kappa shape index (κ2) is 6.17. The molecule has 0 aromatic heterocycles. The standard InChI is InChI=1S/C11H21NO/c1-3-6-11(12-4-2)10-7-5-8-13-9-10/h3,10-12H,1,4-9H2,2H3. The second-order valence-corrected chi connectivity index (χ2v) is 3.67. The zero-order chi connectivity index (χ0) is 9.52. The lowest BCUT2D eigenvalue weighted by atomic mass is 9.91. The van der Waals surface area contributed by atoms with Crippen molar-refractivity contribution in [3.8, 4) is 0 Å². The van der Waals surface area contributed by atoms with E-state index in [9.17, 15) is 0 Å². The molecule has 2 heteroatoms. The summed E-state index contributed by atoms with van der Waals surface area (Å²) in [5, 5.41) is 3.50. The zero-order valence-corrected chi connectivity index (χ0v) is 8.59. The summed E-state index contributed by atoms with van der Waals surface area (Å²) >= 11 is 0.